The van der Waals surface area contributed by atoms with E-state index in [0.717, 1.165) is 0 Å². The van der Waals surface area contributed by atoms with Gasteiger partial charge >= 0.3 is 0 Å². The number of hydrogen-bond acceptors (Lipinski definition) is 5. The van der Waals surface area contributed by atoms with Gasteiger partial charge in [-0.1, -0.05) is 33.8 Å². The van der Waals surface area contributed by atoms with E-state index in [2.05, 4.69) is 43.9 Å². The zero-order valence-electron chi connectivity index (χ0n) is 21.6. The van der Waals surface area contributed by atoms with E-state index in [9.17, 15) is 18.0 Å². The molecule has 1 aliphatic rings. The maximum Gasteiger partial charge on any atom is 0.240 e. The second kappa shape index (κ2) is 9.60. The highest BCUT2D eigenvalue weighted by Crippen LogP contribution is 2.40. The Labute approximate surface area is 200 Å². The summed E-state index contributed by atoms with van der Waals surface area (Å²) in [5, 5.41) is 2.89. The van der Waals surface area contributed by atoms with Crippen molar-refractivity contribution in [2.45, 2.75) is 96.6 Å². The van der Waals surface area contributed by atoms with Gasteiger partial charge in [0, 0.05) is 17.5 Å². The van der Waals surface area contributed by atoms with Gasteiger partial charge in [-0.05, 0) is 63.5 Å². The molecule has 186 valence electrons. The summed E-state index contributed by atoms with van der Waals surface area (Å²) in [7, 11) is -5.81. The fourth-order valence-corrected chi connectivity index (χ4v) is 6.60. The fourth-order valence-electron chi connectivity index (χ4n) is 3.89. The Kier molecular flexibility index (Phi) is 8.05. The van der Waals surface area contributed by atoms with E-state index in [1.165, 1.54) is 12.1 Å². The van der Waals surface area contributed by atoms with Crippen molar-refractivity contribution in [3.8, 4) is 0 Å². The molecule has 33 heavy (non-hydrogen) atoms. The first kappa shape index (κ1) is 27.7. The molecular formula is C24H40N2O5SSi. The fraction of sp³-hybridized carbons (Fsp3) is 0.667. The van der Waals surface area contributed by atoms with Crippen molar-refractivity contribution in [3.63, 3.8) is 0 Å². The third kappa shape index (κ3) is 5.93. The predicted molar refractivity (Wildman–Crippen MR) is 133 cm³/mol. The number of rotatable bonds is 9. The van der Waals surface area contributed by atoms with Crippen LogP contribution in [0.2, 0.25) is 18.1 Å². The minimum absolute atomic E-state index is 0.00544. The third-order valence-corrected chi connectivity index (χ3v) is 13.1. The summed E-state index contributed by atoms with van der Waals surface area (Å²) < 4.78 is 34.2. The summed E-state index contributed by atoms with van der Waals surface area (Å²) in [5.74, 6) is -1.25. The molecule has 1 heterocycles. The number of β-lactam (4-membered cyclic amide) rings is 1. The number of aryl methyl sites for hydroxylation is 1. The molecule has 2 N–H and O–H groups in total. The van der Waals surface area contributed by atoms with Crippen molar-refractivity contribution in [2.75, 3.05) is 0 Å². The van der Waals surface area contributed by atoms with Crippen molar-refractivity contribution in [3.05, 3.63) is 29.3 Å². The second-order valence-electron chi connectivity index (χ2n) is 11.0. The van der Waals surface area contributed by atoms with Crippen LogP contribution in [0.1, 0.15) is 64.4 Å². The van der Waals surface area contributed by atoms with Crippen LogP contribution in [0.5, 0.6) is 0 Å². The minimum atomic E-state index is -3.72. The molecule has 1 fully saturated rings. The van der Waals surface area contributed by atoms with E-state index < -0.39 is 30.2 Å². The Morgan fingerprint density at radius 1 is 1.15 bits per heavy atom. The second-order valence-corrected chi connectivity index (χ2v) is 17.5. The SMILES string of the molecule is Cc1ccc(S(=O)(=O)NC(C)C)cc1C(=O)[C@H](C)[C@H]1NC(=O)[C@@H]1[C@@H](C)O[Si](C)(C)C(C)(C)C. The molecule has 0 aromatic heterocycles. The van der Waals surface area contributed by atoms with E-state index in [1.54, 1.807) is 33.8 Å². The van der Waals surface area contributed by atoms with Gasteiger partial charge in [-0.3, -0.25) is 9.59 Å². The lowest BCUT2D eigenvalue weighted by atomic mass is 9.76. The van der Waals surface area contributed by atoms with E-state index >= 15 is 0 Å². The van der Waals surface area contributed by atoms with E-state index in [4.69, 9.17) is 4.43 Å². The van der Waals surface area contributed by atoms with Crippen LogP contribution in [0.4, 0.5) is 0 Å². The van der Waals surface area contributed by atoms with Crippen LogP contribution in [0.3, 0.4) is 0 Å². The molecule has 1 saturated heterocycles. The number of hydrogen-bond donors (Lipinski definition) is 2. The summed E-state index contributed by atoms with van der Waals surface area (Å²) in [6.07, 6.45) is -0.317. The number of carbonyl (C=O) groups is 2. The minimum Gasteiger partial charge on any atom is -0.413 e. The van der Waals surface area contributed by atoms with Gasteiger partial charge < -0.3 is 9.74 Å². The normalized spacial score (nSPS) is 21.4. The number of benzene rings is 1. The van der Waals surface area contributed by atoms with Gasteiger partial charge in [-0.25, -0.2) is 13.1 Å². The van der Waals surface area contributed by atoms with Gasteiger partial charge in [0.25, 0.3) is 0 Å². The molecule has 0 unspecified atom stereocenters. The first-order valence-electron chi connectivity index (χ1n) is 11.5. The maximum atomic E-state index is 13.4. The molecule has 9 heteroatoms. The Balaban J connectivity index is 2.27. The summed E-state index contributed by atoms with van der Waals surface area (Å²) in [6, 6.07) is 3.96. The number of ketones is 1. The van der Waals surface area contributed by atoms with Crippen molar-refractivity contribution >= 4 is 30.0 Å². The van der Waals surface area contributed by atoms with Crippen LogP contribution in [0, 0.1) is 18.8 Å². The highest BCUT2D eigenvalue weighted by molar-refractivity contribution is 7.89. The summed E-state index contributed by atoms with van der Waals surface area (Å²) >= 11 is 0. The average Bonchev–Trinajstić information content (AvgIpc) is 2.62. The molecule has 1 aromatic rings. The van der Waals surface area contributed by atoms with Crippen LogP contribution >= 0.6 is 0 Å². The number of sulfonamides is 1. The summed E-state index contributed by atoms with van der Waals surface area (Å²) in [6.45, 7) is 19.7. The van der Waals surface area contributed by atoms with E-state index in [-0.39, 0.29) is 39.8 Å². The van der Waals surface area contributed by atoms with Gasteiger partial charge in [-0.15, -0.1) is 0 Å². The van der Waals surface area contributed by atoms with Crippen molar-refractivity contribution < 1.29 is 22.4 Å². The van der Waals surface area contributed by atoms with Gasteiger partial charge in [-0.2, -0.15) is 0 Å². The van der Waals surface area contributed by atoms with E-state index in [0.29, 0.717) is 11.1 Å². The molecule has 2 rings (SSSR count). The zero-order chi connectivity index (χ0) is 25.5. The average molecular weight is 497 g/mol. The third-order valence-electron chi connectivity index (χ3n) is 6.92. The largest absolute Gasteiger partial charge is 0.413 e. The van der Waals surface area contributed by atoms with Crippen LogP contribution in [0.25, 0.3) is 0 Å². The number of carbonyl (C=O) groups excluding carboxylic acids is 2. The topological polar surface area (TPSA) is 102 Å². The molecule has 1 aliphatic heterocycles. The highest BCUT2D eigenvalue weighted by atomic mass is 32.2. The van der Waals surface area contributed by atoms with Crippen molar-refractivity contribution in [2.24, 2.45) is 11.8 Å². The summed E-state index contributed by atoms with van der Waals surface area (Å²) in [5.41, 5.74) is 1.05. The van der Waals surface area contributed by atoms with Crippen LogP contribution in [-0.2, 0) is 19.2 Å². The standard InChI is InChI=1S/C24H40N2O5SSi/c1-14(2)26-32(29,30)18-12-11-15(3)19(13-18)22(27)16(4)21-20(23(28)25-21)17(5)31-33(9,10)24(6,7)8/h11-14,16-17,20-21,26H,1-10H3,(H,25,28)/t16-,17-,20-,21-/m1/s1. The molecule has 0 bridgehead atoms. The molecule has 0 radical (unpaired) electrons. The Morgan fingerprint density at radius 3 is 2.21 bits per heavy atom. The lowest BCUT2D eigenvalue weighted by Gasteiger charge is -2.47. The molecule has 0 saturated carbocycles. The Hall–Kier alpha value is -1.55. The number of Topliss-reactive ketones (excluding diaryl/α,β-unsaturated/α-hetero) is 1. The van der Waals surface area contributed by atoms with Gasteiger partial charge in [0.1, 0.15) is 0 Å². The summed E-state index contributed by atoms with van der Waals surface area (Å²) in [4.78, 5) is 25.9. The van der Waals surface area contributed by atoms with Crippen molar-refractivity contribution in [1.29, 1.82) is 0 Å². The van der Waals surface area contributed by atoms with Crippen LogP contribution < -0.4 is 10.0 Å². The quantitative estimate of drug-likeness (QED) is 0.305. The highest BCUT2D eigenvalue weighted by Gasteiger charge is 2.50. The van der Waals surface area contributed by atoms with Crippen LogP contribution in [-0.4, -0.2) is 46.6 Å². The molecule has 4 atom stereocenters. The maximum absolute atomic E-state index is 13.4. The Bertz CT molecular complexity index is 1010. The van der Waals surface area contributed by atoms with Gasteiger partial charge in [0.05, 0.1) is 23.0 Å². The smallest absolute Gasteiger partial charge is 0.240 e. The number of amides is 1. The van der Waals surface area contributed by atoms with E-state index in [1.807, 2.05) is 6.92 Å². The molecule has 0 spiro atoms. The monoisotopic (exact) mass is 496 g/mol. The van der Waals surface area contributed by atoms with Crippen molar-refractivity contribution in [1.82, 2.24) is 10.0 Å². The van der Waals surface area contributed by atoms with Gasteiger partial charge in [0.15, 0.2) is 14.1 Å². The lowest BCUT2D eigenvalue weighted by Crippen LogP contribution is -2.66. The zero-order valence-corrected chi connectivity index (χ0v) is 23.4. The molecule has 7 nitrogen and oxygen atoms in total. The van der Waals surface area contributed by atoms with Crippen LogP contribution in [0.15, 0.2) is 23.1 Å². The predicted octanol–water partition coefficient (Wildman–Crippen LogP) is 4.03. The molecule has 0 aliphatic carbocycles. The van der Waals surface area contributed by atoms with Gasteiger partial charge in [0.2, 0.25) is 15.9 Å². The first-order valence-corrected chi connectivity index (χ1v) is 15.9. The number of nitrogens with one attached hydrogen (secondary N) is 2. The molecule has 1 aromatic carbocycles. The first-order chi connectivity index (χ1) is 14.9. The molecule has 1 amide bonds. The molecular weight excluding hydrogens is 456 g/mol. The Morgan fingerprint density at radius 2 is 1.73 bits per heavy atom. The lowest BCUT2D eigenvalue weighted by molar-refractivity contribution is -0.141.